The van der Waals surface area contributed by atoms with Crippen molar-refractivity contribution < 1.29 is 9.90 Å². The molecule has 1 saturated carbocycles. The molecule has 1 aromatic carbocycles. The highest BCUT2D eigenvalue weighted by Crippen LogP contribution is 2.30. The van der Waals surface area contributed by atoms with Crippen LogP contribution >= 0.6 is 11.6 Å². The van der Waals surface area contributed by atoms with Gasteiger partial charge in [-0.15, -0.1) is 0 Å². The number of halogens is 1. The maximum absolute atomic E-state index is 10.9. The molecule has 20 heavy (non-hydrogen) atoms. The van der Waals surface area contributed by atoms with Gasteiger partial charge in [-0.2, -0.15) is 0 Å². The van der Waals surface area contributed by atoms with Gasteiger partial charge in [-0.05, 0) is 49.8 Å². The molecule has 1 fully saturated rings. The first kappa shape index (κ1) is 15.2. The summed E-state index contributed by atoms with van der Waals surface area (Å²) in [4.78, 5) is 10.9. The van der Waals surface area contributed by atoms with Crippen molar-refractivity contribution in [3.05, 3.63) is 28.8 Å². The van der Waals surface area contributed by atoms with Crippen LogP contribution in [0.25, 0.3) is 0 Å². The first-order valence-corrected chi connectivity index (χ1v) is 7.77. The molecule has 1 aromatic rings. The number of aromatic carboxylic acids is 1. The molecular formula is C16H22ClNO2. The summed E-state index contributed by atoms with van der Waals surface area (Å²) in [5.74, 6) is -0.0994. The normalized spacial score (nSPS) is 22.5. The van der Waals surface area contributed by atoms with E-state index in [4.69, 9.17) is 16.7 Å². The Morgan fingerprint density at radius 2 is 2.05 bits per heavy atom. The van der Waals surface area contributed by atoms with Crippen molar-refractivity contribution in [2.24, 2.45) is 5.92 Å². The number of rotatable bonds is 5. The number of carboxylic acid groups (broad SMARTS) is 1. The molecule has 3 nitrogen and oxygen atoms in total. The third-order valence-corrected chi connectivity index (χ3v) is 4.43. The van der Waals surface area contributed by atoms with Crippen LogP contribution in [0.3, 0.4) is 0 Å². The fraction of sp³-hybridized carbons (Fsp3) is 0.562. The molecule has 4 heteroatoms. The van der Waals surface area contributed by atoms with E-state index in [1.54, 1.807) is 18.2 Å². The number of nitrogens with one attached hydrogen (secondary N) is 1. The summed E-state index contributed by atoms with van der Waals surface area (Å²) < 4.78 is 0. The third-order valence-electron chi connectivity index (χ3n) is 4.11. The molecule has 0 atom stereocenters. The van der Waals surface area contributed by atoms with Crippen molar-refractivity contribution in [3.63, 3.8) is 0 Å². The summed E-state index contributed by atoms with van der Waals surface area (Å²) >= 11 is 5.99. The molecule has 2 N–H and O–H groups in total. The van der Waals surface area contributed by atoms with Crippen LogP contribution in [0.2, 0.25) is 5.02 Å². The second-order valence-electron chi connectivity index (χ2n) is 5.65. The van der Waals surface area contributed by atoms with E-state index in [9.17, 15) is 4.79 Å². The highest BCUT2D eigenvalue weighted by Gasteiger charge is 2.20. The lowest BCUT2D eigenvalue weighted by Crippen LogP contribution is -2.26. The molecule has 1 aliphatic rings. The molecule has 0 heterocycles. The van der Waals surface area contributed by atoms with Crippen LogP contribution in [0.5, 0.6) is 0 Å². The van der Waals surface area contributed by atoms with Gasteiger partial charge in [0.1, 0.15) is 0 Å². The molecule has 110 valence electrons. The lowest BCUT2D eigenvalue weighted by molar-refractivity contribution is 0.0697. The zero-order valence-electron chi connectivity index (χ0n) is 11.9. The first-order chi connectivity index (χ1) is 9.60. The van der Waals surface area contributed by atoms with Crippen molar-refractivity contribution in [2.45, 2.75) is 51.5 Å². The van der Waals surface area contributed by atoms with Crippen LogP contribution in [0.4, 0.5) is 5.69 Å². The summed E-state index contributed by atoms with van der Waals surface area (Å²) in [5.41, 5.74) is 1.07. The van der Waals surface area contributed by atoms with Crippen molar-refractivity contribution in [1.82, 2.24) is 0 Å². The summed E-state index contributed by atoms with van der Waals surface area (Å²) in [5, 5.41) is 12.7. The molecule has 0 unspecified atom stereocenters. The minimum atomic E-state index is -0.985. The number of hydrogen-bond donors (Lipinski definition) is 2. The van der Waals surface area contributed by atoms with Crippen LogP contribution in [0, 0.1) is 5.92 Å². The van der Waals surface area contributed by atoms with Crippen molar-refractivity contribution in [1.29, 1.82) is 0 Å². The Morgan fingerprint density at radius 1 is 1.35 bits per heavy atom. The molecular weight excluding hydrogens is 274 g/mol. The van der Waals surface area contributed by atoms with Crippen molar-refractivity contribution >= 4 is 23.3 Å². The van der Waals surface area contributed by atoms with Crippen LogP contribution in [0.1, 0.15) is 55.8 Å². The molecule has 0 spiro atoms. The van der Waals surface area contributed by atoms with Crippen LogP contribution in [0.15, 0.2) is 18.2 Å². The Bertz CT molecular complexity index is 468. The summed E-state index contributed by atoms with van der Waals surface area (Å²) in [6.45, 7) is 2.25. The predicted molar refractivity (Wildman–Crippen MR) is 82.7 cm³/mol. The van der Waals surface area contributed by atoms with E-state index < -0.39 is 5.97 Å². The average Bonchev–Trinajstić information content (AvgIpc) is 2.41. The fourth-order valence-corrected chi connectivity index (χ4v) is 3.28. The van der Waals surface area contributed by atoms with E-state index in [-0.39, 0.29) is 5.56 Å². The molecule has 0 aromatic heterocycles. The van der Waals surface area contributed by atoms with Gasteiger partial charge in [0.05, 0.1) is 10.6 Å². The molecule has 0 saturated heterocycles. The Labute approximate surface area is 125 Å². The second kappa shape index (κ2) is 6.98. The number of anilines is 1. The van der Waals surface area contributed by atoms with E-state index in [0.29, 0.717) is 11.1 Å². The third kappa shape index (κ3) is 3.89. The molecule has 0 radical (unpaired) electrons. The predicted octanol–water partition coefficient (Wildman–Crippen LogP) is 4.81. The van der Waals surface area contributed by atoms with Gasteiger partial charge < -0.3 is 10.4 Å². The van der Waals surface area contributed by atoms with E-state index in [2.05, 4.69) is 12.2 Å². The first-order valence-electron chi connectivity index (χ1n) is 7.39. The number of carboxylic acids is 1. The SMILES string of the molecule is CCCC1CCC(Nc2ccc(C(=O)O)c(Cl)c2)CC1. The Kier molecular flexibility index (Phi) is 5.30. The van der Waals surface area contributed by atoms with E-state index >= 15 is 0 Å². The smallest absolute Gasteiger partial charge is 0.337 e. The number of carbonyl (C=O) groups is 1. The van der Waals surface area contributed by atoms with Gasteiger partial charge in [-0.3, -0.25) is 0 Å². The summed E-state index contributed by atoms with van der Waals surface area (Å²) in [6, 6.07) is 5.56. The van der Waals surface area contributed by atoms with Gasteiger partial charge >= 0.3 is 5.97 Å². The van der Waals surface area contributed by atoms with Gasteiger partial charge in [-0.1, -0.05) is 31.4 Å². The maximum Gasteiger partial charge on any atom is 0.337 e. The number of hydrogen-bond acceptors (Lipinski definition) is 2. The second-order valence-corrected chi connectivity index (χ2v) is 6.06. The lowest BCUT2D eigenvalue weighted by Gasteiger charge is -2.29. The summed E-state index contributed by atoms with van der Waals surface area (Å²) in [7, 11) is 0. The molecule has 0 amide bonds. The van der Waals surface area contributed by atoms with E-state index in [1.807, 2.05) is 0 Å². The van der Waals surface area contributed by atoms with Crippen LogP contribution < -0.4 is 5.32 Å². The number of benzene rings is 1. The Hall–Kier alpha value is -1.22. The van der Waals surface area contributed by atoms with Gasteiger partial charge in [0, 0.05) is 11.7 Å². The quantitative estimate of drug-likeness (QED) is 0.819. The highest BCUT2D eigenvalue weighted by atomic mass is 35.5. The van der Waals surface area contributed by atoms with Gasteiger partial charge in [0.2, 0.25) is 0 Å². The monoisotopic (exact) mass is 295 g/mol. The zero-order chi connectivity index (χ0) is 14.5. The maximum atomic E-state index is 10.9. The minimum absolute atomic E-state index is 0.156. The highest BCUT2D eigenvalue weighted by molar-refractivity contribution is 6.33. The topological polar surface area (TPSA) is 49.3 Å². The van der Waals surface area contributed by atoms with E-state index in [1.165, 1.54) is 38.5 Å². The zero-order valence-corrected chi connectivity index (χ0v) is 12.6. The van der Waals surface area contributed by atoms with Crippen molar-refractivity contribution in [3.8, 4) is 0 Å². The molecule has 2 rings (SSSR count). The van der Waals surface area contributed by atoms with Crippen molar-refractivity contribution in [2.75, 3.05) is 5.32 Å². The van der Waals surface area contributed by atoms with Gasteiger partial charge in [0.15, 0.2) is 0 Å². The molecule has 1 aliphatic carbocycles. The standard InChI is InChI=1S/C16H22ClNO2/c1-2-3-11-4-6-12(7-5-11)18-13-8-9-14(16(19)20)15(17)10-13/h8-12,18H,2-7H2,1H3,(H,19,20). The van der Waals surface area contributed by atoms with Crippen LogP contribution in [-0.4, -0.2) is 17.1 Å². The Balaban J connectivity index is 1.91. The van der Waals surface area contributed by atoms with E-state index in [0.717, 1.165) is 11.6 Å². The fourth-order valence-electron chi connectivity index (χ4n) is 3.02. The lowest BCUT2D eigenvalue weighted by atomic mass is 9.83. The average molecular weight is 296 g/mol. The summed E-state index contributed by atoms with van der Waals surface area (Å²) in [6.07, 6.45) is 7.55. The minimum Gasteiger partial charge on any atom is -0.478 e. The van der Waals surface area contributed by atoms with Gasteiger partial charge in [0.25, 0.3) is 0 Å². The largest absolute Gasteiger partial charge is 0.478 e. The van der Waals surface area contributed by atoms with Crippen LogP contribution in [-0.2, 0) is 0 Å². The molecule has 0 bridgehead atoms. The Morgan fingerprint density at radius 3 is 2.60 bits per heavy atom. The molecule has 0 aliphatic heterocycles. The van der Waals surface area contributed by atoms with Gasteiger partial charge in [-0.25, -0.2) is 4.79 Å².